The van der Waals surface area contributed by atoms with E-state index in [-0.39, 0.29) is 17.5 Å². The van der Waals surface area contributed by atoms with E-state index in [4.69, 9.17) is 11.6 Å². The number of para-hydroxylation sites is 2. The third-order valence-electron chi connectivity index (χ3n) is 4.46. The molecular formula is C23H18ClFN4OS. The van der Waals surface area contributed by atoms with Gasteiger partial charge in [0.25, 0.3) is 5.91 Å². The predicted molar refractivity (Wildman–Crippen MR) is 123 cm³/mol. The summed E-state index contributed by atoms with van der Waals surface area (Å²) in [7, 11) is 0. The maximum absolute atomic E-state index is 13.2. The SMILES string of the molecule is O=C(CSc1nc2ccccc2n1Cc1ccc(Cl)cc1)N/N=C\c1cccc(F)c1. The van der Waals surface area contributed by atoms with Crippen molar-refractivity contribution in [2.45, 2.75) is 11.7 Å². The van der Waals surface area contributed by atoms with E-state index in [0.717, 1.165) is 21.8 Å². The molecule has 5 nitrogen and oxygen atoms in total. The second-order valence-corrected chi connectivity index (χ2v) is 8.11. The number of aromatic nitrogens is 2. The molecule has 0 bridgehead atoms. The summed E-state index contributed by atoms with van der Waals surface area (Å²) in [5.74, 6) is -0.488. The molecule has 156 valence electrons. The van der Waals surface area contributed by atoms with E-state index in [1.165, 1.54) is 30.1 Å². The molecule has 1 amide bonds. The van der Waals surface area contributed by atoms with Crippen LogP contribution < -0.4 is 5.43 Å². The molecule has 4 rings (SSSR count). The Morgan fingerprint density at radius 1 is 1.13 bits per heavy atom. The number of carbonyl (C=O) groups excluding carboxylic acids is 1. The van der Waals surface area contributed by atoms with Crippen LogP contribution >= 0.6 is 23.4 Å². The van der Waals surface area contributed by atoms with Gasteiger partial charge in [-0.15, -0.1) is 0 Å². The summed E-state index contributed by atoms with van der Waals surface area (Å²) >= 11 is 7.33. The fourth-order valence-corrected chi connectivity index (χ4v) is 3.95. The van der Waals surface area contributed by atoms with E-state index in [1.807, 2.05) is 48.5 Å². The van der Waals surface area contributed by atoms with Crippen molar-refractivity contribution >= 4 is 46.5 Å². The van der Waals surface area contributed by atoms with Gasteiger partial charge in [0.15, 0.2) is 5.16 Å². The van der Waals surface area contributed by atoms with Crippen molar-refractivity contribution in [2.24, 2.45) is 5.10 Å². The maximum Gasteiger partial charge on any atom is 0.250 e. The van der Waals surface area contributed by atoms with E-state index >= 15 is 0 Å². The zero-order valence-corrected chi connectivity index (χ0v) is 17.9. The van der Waals surface area contributed by atoms with Crippen molar-refractivity contribution in [1.29, 1.82) is 0 Å². The van der Waals surface area contributed by atoms with E-state index in [2.05, 4.69) is 20.1 Å². The van der Waals surface area contributed by atoms with Gasteiger partial charge in [0, 0.05) is 5.02 Å². The van der Waals surface area contributed by atoms with Crippen molar-refractivity contribution in [1.82, 2.24) is 15.0 Å². The Labute approximate surface area is 187 Å². The summed E-state index contributed by atoms with van der Waals surface area (Å²) in [5.41, 5.74) is 5.97. The predicted octanol–water partition coefficient (Wildman–Crippen LogP) is 5.12. The number of thioether (sulfide) groups is 1. The number of hydrogen-bond donors (Lipinski definition) is 1. The van der Waals surface area contributed by atoms with Gasteiger partial charge < -0.3 is 4.57 Å². The Kier molecular flexibility index (Phi) is 6.64. The van der Waals surface area contributed by atoms with E-state index < -0.39 is 0 Å². The van der Waals surface area contributed by atoms with Crippen molar-refractivity contribution < 1.29 is 9.18 Å². The minimum absolute atomic E-state index is 0.143. The Bertz CT molecular complexity index is 1240. The molecule has 0 saturated carbocycles. The van der Waals surface area contributed by atoms with Crippen LogP contribution in [0.4, 0.5) is 4.39 Å². The zero-order chi connectivity index (χ0) is 21.6. The van der Waals surface area contributed by atoms with Crippen LogP contribution in [0.3, 0.4) is 0 Å². The number of nitrogens with one attached hydrogen (secondary N) is 1. The van der Waals surface area contributed by atoms with Crippen LogP contribution in [-0.2, 0) is 11.3 Å². The van der Waals surface area contributed by atoms with E-state index in [0.29, 0.717) is 17.1 Å². The Hall–Kier alpha value is -3.16. The number of benzene rings is 3. The van der Waals surface area contributed by atoms with Crippen LogP contribution in [0.5, 0.6) is 0 Å². The summed E-state index contributed by atoms with van der Waals surface area (Å²) in [6.07, 6.45) is 1.40. The molecule has 31 heavy (non-hydrogen) atoms. The van der Waals surface area contributed by atoms with Gasteiger partial charge in [-0.2, -0.15) is 5.10 Å². The fourth-order valence-electron chi connectivity index (χ4n) is 3.02. The Balaban J connectivity index is 1.45. The average Bonchev–Trinajstić information content (AvgIpc) is 3.11. The summed E-state index contributed by atoms with van der Waals surface area (Å²) in [5, 5.41) is 5.31. The number of halogens is 2. The molecule has 0 radical (unpaired) electrons. The highest BCUT2D eigenvalue weighted by Gasteiger charge is 2.13. The van der Waals surface area contributed by atoms with Gasteiger partial charge in [-0.1, -0.05) is 59.8 Å². The maximum atomic E-state index is 13.2. The smallest absolute Gasteiger partial charge is 0.250 e. The molecule has 3 aromatic carbocycles. The van der Waals surface area contributed by atoms with Crippen LogP contribution in [0, 0.1) is 5.82 Å². The minimum Gasteiger partial charge on any atom is -0.314 e. The first-order chi connectivity index (χ1) is 15.1. The monoisotopic (exact) mass is 452 g/mol. The average molecular weight is 453 g/mol. The Morgan fingerprint density at radius 2 is 1.94 bits per heavy atom. The number of carbonyl (C=O) groups is 1. The molecule has 0 spiro atoms. The number of rotatable bonds is 7. The lowest BCUT2D eigenvalue weighted by Gasteiger charge is -2.09. The summed E-state index contributed by atoms with van der Waals surface area (Å²) < 4.78 is 15.3. The number of hydrogen-bond acceptors (Lipinski definition) is 4. The highest BCUT2D eigenvalue weighted by Crippen LogP contribution is 2.25. The molecule has 0 aliphatic carbocycles. The molecule has 0 unspecified atom stereocenters. The van der Waals surface area contributed by atoms with Crippen molar-refractivity contribution in [2.75, 3.05) is 5.75 Å². The van der Waals surface area contributed by atoms with Crippen molar-refractivity contribution in [3.63, 3.8) is 0 Å². The van der Waals surface area contributed by atoms with Gasteiger partial charge in [-0.25, -0.2) is 14.8 Å². The molecular weight excluding hydrogens is 435 g/mol. The molecule has 0 saturated heterocycles. The zero-order valence-electron chi connectivity index (χ0n) is 16.3. The highest BCUT2D eigenvalue weighted by molar-refractivity contribution is 7.99. The second kappa shape index (κ2) is 9.76. The quantitative estimate of drug-likeness (QED) is 0.240. The number of amides is 1. The van der Waals surface area contributed by atoms with Crippen LogP contribution in [-0.4, -0.2) is 27.4 Å². The number of imidazole rings is 1. The first-order valence-corrected chi connectivity index (χ1v) is 10.8. The van der Waals surface area contributed by atoms with Gasteiger partial charge in [-0.05, 0) is 47.5 Å². The lowest BCUT2D eigenvalue weighted by molar-refractivity contribution is -0.118. The summed E-state index contributed by atoms with van der Waals surface area (Å²) in [6, 6.07) is 21.5. The number of nitrogens with zero attached hydrogens (tertiary/aromatic N) is 3. The van der Waals surface area contributed by atoms with Crippen LogP contribution in [0.2, 0.25) is 5.02 Å². The highest BCUT2D eigenvalue weighted by atomic mass is 35.5. The largest absolute Gasteiger partial charge is 0.314 e. The number of fused-ring (bicyclic) bond motifs is 1. The molecule has 4 aromatic rings. The second-order valence-electron chi connectivity index (χ2n) is 6.73. The fraction of sp³-hybridized carbons (Fsp3) is 0.0870. The molecule has 8 heteroatoms. The standard InChI is InChI=1S/C23H18ClFN4OS/c24-18-10-8-16(9-11-18)14-29-21-7-2-1-6-20(21)27-23(29)31-15-22(30)28-26-13-17-4-3-5-19(25)12-17/h1-13H,14-15H2,(H,28,30)/b26-13-. The van der Waals surface area contributed by atoms with E-state index in [1.54, 1.807) is 12.1 Å². The lowest BCUT2D eigenvalue weighted by atomic mass is 10.2. The molecule has 1 heterocycles. The summed E-state index contributed by atoms with van der Waals surface area (Å²) in [6.45, 7) is 0.610. The Morgan fingerprint density at radius 3 is 2.74 bits per heavy atom. The first kappa shape index (κ1) is 21.1. The van der Waals surface area contributed by atoms with Gasteiger partial charge >= 0.3 is 0 Å². The molecule has 0 aliphatic heterocycles. The molecule has 0 atom stereocenters. The lowest BCUT2D eigenvalue weighted by Crippen LogP contribution is -2.20. The first-order valence-electron chi connectivity index (χ1n) is 9.48. The van der Waals surface area contributed by atoms with Gasteiger partial charge in [0.2, 0.25) is 0 Å². The minimum atomic E-state index is -0.356. The molecule has 1 N–H and O–H groups in total. The van der Waals surface area contributed by atoms with Gasteiger partial charge in [0.05, 0.1) is 29.5 Å². The third-order valence-corrected chi connectivity index (χ3v) is 5.69. The normalized spacial score (nSPS) is 11.3. The molecule has 0 fully saturated rings. The number of hydrazone groups is 1. The third kappa shape index (κ3) is 5.51. The van der Waals surface area contributed by atoms with Crippen LogP contribution in [0.1, 0.15) is 11.1 Å². The topological polar surface area (TPSA) is 59.3 Å². The van der Waals surface area contributed by atoms with Gasteiger partial charge in [0.1, 0.15) is 5.82 Å². The van der Waals surface area contributed by atoms with Crippen molar-refractivity contribution in [3.05, 3.63) is 94.8 Å². The van der Waals surface area contributed by atoms with E-state index in [9.17, 15) is 9.18 Å². The summed E-state index contributed by atoms with van der Waals surface area (Å²) in [4.78, 5) is 16.9. The van der Waals surface area contributed by atoms with Crippen LogP contribution in [0.25, 0.3) is 11.0 Å². The molecule has 1 aromatic heterocycles. The van der Waals surface area contributed by atoms with Gasteiger partial charge in [-0.3, -0.25) is 4.79 Å². The van der Waals surface area contributed by atoms with Crippen LogP contribution in [0.15, 0.2) is 83.1 Å². The molecule has 0 aliphatic rings. The van der Waals surface area contributed by atoms with Crippen molar-refractivity contribution in [3.8, 4) is 0 Å².